The van der Waals surface area contributed by atoms with Crippen LogP contribution in [0, 0.1) is 0 Å². The molecule has 4 nitrogen and oxygen atoms in total. The van der Waals surface area contributed by atoms with Crippen LogP contribution in [0.1, 0.15) is 45.2 Å². The maximum Gasteiger partial charge on any atom is 0.161 e. The third-order valence-corrected chi connectivity index (χ3v) is 3.28. The van der Waals surface area contributed by atoms with Gasteiger partial charge in [-0.2, -0.15) is 0 Å². The summed E-state index contributed by atoms with van der Waals surface area (Å²) in [6, 6.07) is 5.91. The van der Waals surface area contributed by atoms with Crippen LogP contribution in [0.3, 0.4) is 0 Å². The fraction of sp³-hybridized carbons (Fsp3) is 0.625. The van der Waals surface area contributed by atoms with Crippen LogP contribution in [0.2, 0.25) is 0 Å². The van der Waals surface area contributed by atoms with E-state index >= 15 is 0 Å². The number of benzene rings is 1. The minimum absolute atomic E-state index is 0.0116. The van der Waals surface area contributed by atoms with Crippen LogP contribution in [0.25, 0.3) is 0 Å². The number of ether oxygens (including phenoxy) is 3. The van der Waals surface area contributed by atoms with Gasteiger partial charge in [-0.3, -0.25) is 0 Å². The lowest BCUT2D eigenvalue weighted by atomic mass is 10.0. The van der Waals surface area contributed by atoms with E-state index in [9.17, 15) is 0 Å². The maximum absolute atomic E-state index is 6.24. The van der Waals surface area contributed by atoms with Crippen LogP contribution in [0.5, 0.6) is 11.5 Å². The molecular formula is C16H27NO3. The number of hydrogen-bond acceptors (Lipinski definition) is 4. The average Bonchev–Trinajstić information content (AvgIpc) is 2.46. The van der Waals surface area contributed by atoms with Crippen molar-refractivity contribution in [2.75, 3.05) is 20.3 Å². The molecule has 0 bridgehead atoms. The van der Waals surface area contributed by atoms with Crippen LogP contribution in [-0.4, -0.2) is 26.4 Å². The SMILES string of the molecule is CCOc1ccc(C(N)CCC(C)OC)cc1OCC. The van der Waals surface area contributed by atoms with Crippen molar-refractivity contribution in [1.82, 2.24) is 0 Å². The zero-order valence-corrected chi connectivity index (χ0v) is 13.0. The summed E-state index contributed by atoms with van der Waals surface area (Å²) in [6.07, 6.45) is 2.05. The van der Waals surface area contributed by atoms with Crippen LogP contribution >= 0.6 is 0 Å². The van der Waals surface area contributed by atoms with E-state index in [0.29, 0.717) is 13.2 Å². The topological polar surface area (TPSA) is 53.7 Å². The Balaban J connectivity index is 2.76. The van der Waals surface area contributed by atoms with Gasteiger partial charge in [0.2, 0.25) is 0 Å². The van der Waals surface area contributed by atoms with Crippen molar-refractivity contribution in [2.24, 2.45) is 5.73 Å². The van der Waals surface area contributed by atoms with E-state index in [0.717, 1.165) is 29.9 Å². The molecule has 1 rings (SSSR count). The van der Waals surface area contributed by atoms with E-state index in [1.165, 1.54) is 0 Å². The van der Waals surface area contributed by atoms with Crippen molar-refractivity contribution in [2.45, 2.75) is 45.8 Å². The molecule has 2 N–H and O–H groups in total. The number of nitrogens with two attached hydrogens (primary N) is 1. The molecule has 4 heteroatoms. The van der Waals surface area contributed by atoms with Gasteiger partial charge >= 0.3 is 0 Å². The minimum atomic E-state index is -0.0116. The quantitative estimate of drug-likeness (QED) is 0.754. The Morgan fingerprint density at radius 3 is 2.30 bits per heavy atom. The van der Waals surface area contributed by atoms with Gasteiger partial charge < -0.3 is 19.9 Å². The predicted octanol–water partition coefficient (Wildman–Crippen LogP) is 3.30. The number of rotatable bonds is 9. The minimum Gasteiger partial charge on any atom is -0.490 e. The van der Waals surface area contributed by atoms with Gasteiger partial charge in [-0.1, -0.05) is 6.07 Å². The molecule has 1 aromatic carbocycles. The van der Waals surface area contributed by atoms with E-state index < -0.39 is 0 Å². The van der Waals surface area contributed by atoms with E-state index in [1.807, 2.05) is 32.0 Å². The van der Waals surface area contributed by atoms with Gasteiger partial charge in [0.1, 0.15) is 0 Å². The second kappa shape index (κ2) is 8.82. The van der Waals surface area contributed by atoms with Gasteiger partial charge in [0.05, 0.1) is 19.3 Å². The summed E-state index contributed by atoms with van der Waals surface area (Å²) in [5.74, 6) is 1.54. The molecule has 2 atom stereocenters. The van der Waals surface area contributed by atoms with Crippen molar-refractivity contribution in [1.29, 1.82) is 0 Å². The first-order valence-corrected chi connectivity index (χ1v) is 7.30. The second-order valence-corrected chi connectivity index (χ2v) is 4.80. The Labute approximate surface area is 122 Å². The highest BCUT2D eigenvalue weighted by Crippen LogP contribution is 2.31. The molecule has 1 aromatic rings. The fourth-order valence-corrected chi connectivity index (χ4v) is 2.00. The van der Waals surface area contributed by atoms with Crippen molar-refractivity contribution in [3.8, 4) is 11.5 Å². The summed E-state index contributed by atoms with van der Waals surface area (Å²) in [7, 11) is 1.72. The molecule has 0 fully saturated rings. The first-order chi connectivity index (χ1) is 9.62. The van der Waals surface area contributed by atoms with Gasteiger partial charge in [-0.05, 0) is 51.3 Å². The molecular weight excluding hydrogens is 254 g/mol. The highest BCUT2D eigenvalue weighted by atomic mass is 16.5. The normalized spacial score (nSPS) is 13.8. The molecule has 0 heterocycles. The predicted molar refractivity (Wildman–Crippen MR) is 81.4 cm³/mol. The number of hydrogen-bond donors (Lipinski definition) is 1. The molecule has 0 radical (unpaired) electrons. The third kappa shape index (κ3) is 5.02. The Bertz CT molecular complexity index is 395. The Kier molecular flexibility index (Phi) is 7.41. The zero-order valence-electron chi connectivity index (χ0n) is 13.0. The maximum atomic E-state index is 6.24. The van der Waals surface area contributed by atoms with Crippen LogP contribution in [0.4, 0.5) is 0 Å². The van der Waals surface area contributed by atoms with E-state index in [-0.39, 0.29) is 12.1 Å². The number of methoxy groups -OCH3 is 1. The van der Waals surface area contributed by atoms with E-state index in [2.05, 4.69) is 6.92 Å². The van der Waals surface area contributed by atoms with Gasteiger partial charge in [0.25, 0.3) is 0 Å². The summed E-state index contributed by atoms with van der Waals surface area (Å²) in [5, 5.41) is 0. The molecule has 0 aliphatic carbocycles. The monoisotopic (exact) mass is 281 g/mol. The smallest absolute Gasteiger partial charge is 0.161 e. The molecule has 0 aromatic heterocycles. The van der Waals surface area contributed by atoms with Gasteiger partial charge in [-0.15, -0.1) is 0 Å². The van der Waals surface area contributed by atoms with Crippen molar-refractivity contribution in [3.63, 3.8) is 0 Å². The van der Waals surface area contributed by atoms with E-state index in [1.54, 1.807) is 7.11 Å². The molecule has 0 saturated carbocycles. The van der Waals surface area contributed by atoms with Gasteiger partial charge in [-0.25, -0.2) is 0 Å². The molecule has 0 aliphatic rings. The third-order valence-electron chi connectivity index (χ3n) is 3.28. The highest BCUT2D eigenvalue weighted by Gasteiger charge is 2.12. The Morgan fingerprint density at radius 1 is 1.05 bits per heavy atom. The Hall–Kier alpha value is -1.26. The first kappa shape index (κ1) is 16.8. The van der Waals surface area contributed by atoms with Crippen LogP contribution < -0.4 is 15.2 Å². The molecule has 0 saturated heterocycles. The van der Waals surface area contributed by atoms with Crippen LogP contribution in [0.15, 0.2) is 18.2 Å². The molecule has 0 amide bonds. The van der Waals surface area contributed by atoms with Crippen molar-refractivity contribution < 1.29 is 14.2 Å². The summed E-state index contributed by atoms with van der Waals surface area (Å²) in [5.41, 5.74) is 7.30. The largest absolute Gasteiger partial charge is 0.490 e. The van der Waals surface area contributed by atoms with Crippen molar-refractivity contribution >= 4 is 0 Å². The lowest BCUT2D eigenvalue weighted by Gasteiger charge is -2.17. The van der Waals surface area contributed by atoms with Crippen molar-refractivity contribution in [3.05, 3.63) is 23.8 Å². The first-order valence-electron chi connectivity index (χ1n) is 7.30. The van der Waals surface area contributed by atoms with Gasteiger partial charge in [0, 0.05) is 13.2 Å². The molecule has 114 valence electrons. The highest BCUT2D eigenvalue weighted by molar-refractivity contribution is 5.43. The molecule has 0 spiro atoms. The fourth-order valence-electron chi connectivity index (χ4n) is 2.00. The van der Waals surface area contributed by atoms with E-state index in [4.69, 9.17) is 19.9 Å². The summed E-state index contributed by atoms with van der Waals surface area (Å²) >= 11 is 0. The van der Waals surface area contributed by atoms with Crippen LogP contribution in [-0.2, 0) is 4.74 Å². The summed E-state index contributed by atoms with van der Waals surface area (Å²) in [4.78, 5) is 0. The lowest BCUT2D eigenvalue weighted by molar-refractivity contribution is 0.107. The summed E-state index contributed by atoms with van der Waals surface area (Å²) < 4.78 is 16.4. The second-order valence-electron chi connectivity index (χ2n) is 4.80. The molecule has 2 unspecified atom stereocenters. The lowest BCUT2D eigenvalue weighted by Crippen LogP contribution is -2.14. The standard InChI is InChI=1S/C16H27NO3/c1-5-19-15-10-8-13(11-16(15)20-6-2)14(17)9-7-12(3)18-4/h8,10-12,14H,5-7,9,17H2,1-4H3. The Morgan fingerprint density at radius 2 is 1.70 bits per heavy atom. The average molecular weight is 281 g/mol. The van der Waals surface area contributed by atoms with Gasteiger partial charge in [0.15, 0.2) is 11.5 Å². The zero-order chi connectivity index (χ0) is 15.0. The summed E-state index contributed by atoms with van der Waals surface area (Å²) in [6.45, 7) is 7.21. The molecule has 20 heavy (non-hydrogen) atoms. The molecule has 0 aliphatic heterocycles.